The van der Waals surface area contributed by atoms with Gasteiger partial charge in [0, 0.05) is 32.9 Å². The lowest BCUT2D eigenvalue weighted by Crippen LogP contribution is -2.37. The molecule has 0 saturated carbocycles. The Hall–Kier alpha value is -1.41. The van der Waals surface area contributed by atoms with Crippen LogP contribution in [0, 0.1) is 0 Å². The molecule has 2 aromatic rings. The summed E-state index contributed by atoms with van der Waals surface area (Å²) in [4.78, 5) is 3.94. The first kappa shape index (κ1) is 18.6. The molecule has 0 fully saturated rings. The maximum atomic E-state index is 12.6. The van der Waals surface area contributed by atoms with E-state index in [4.69, 9.17) is 5.73 Å². The van der Waals surface area contributed by atoms with Crippen LogP contribution in [0.3, 0.4) is 0 Å². The number of hydrogen-bond donors (Lipinski definition) is 1. The average molecular weight is 345 g/mol. The predicted octanol–water partition coefficient (Wildman–Crippen LogP) is 1.03. The van der Waals surface area contributed by atoms with Crippen LogP contribution in [-0.4, -0.2) is 41.9 Å². The molecule has 22 heavy (non-hydrogen) atoms. The monoisotopic (exact) mass is 344 g/mol. The second-order valence-corrected chi connectivity index (χ2v) is 6.69. The highest BCUT2D eigenvalue weighted by molar-refractivity contribution is 7.89. The Morgan fingerprint density at radius 3 is 2.45 bits per heavy atom. The van der Waals surface area contributed by atoms with Gasteiger partial charge >= 0.3 is 0 Å². The molecule has 2 rings (SSSR count). The van der Waals surface area contributed by atoms with Crippen molar-refractivity contribution in [3.05, 3.63) is 48.4 Å². The van der Waals surface area contributed by atoms with Crippen molar-refractivity contribution in [3.63, 3.8) is 0 Å². The Morgan fingerprint density at radius 2 is 1.91 bits per heavy atom. The number of imidazole rings is 1. The fourth-order valence-corrected chi connectivity index (χ4v) is 3.47. The molecule has 0 aliphatic heterocycles. The first-order valence-electron chi connectivity index (χ1n) is 6.76. The van der Waals surface area contributed by atoms with E-state index in [1.807, 2.05) is 30.3 Å². The normalized spacial score (nSPS) is 11.4. The molecule has 0 radical (unpaired) electrons. The average Bonchev–Trinajstić information content (AvgIpc) is 2.92. The van der Waals surface area contributed by atoms with Crippen LogP contribution in [0.4, 0.5) is 0 Å². The molecule has 0 saturated heterocycles. The van der Waals surface area contributed by atoms with Crippen molar-refractivity contribution in [2.24, 2.45) is 12.8 Å². The molecule has 8 heteroatoms. The number of rotatable bonds is 7. The molecular formula is C14H21ClN4O2S. The SMILES string of the molecule is Cl.Cn1cnc(S(=O)(=O)N(CCN)CCc2ccccc2)c1. The van der Waals surface area contributed by atoms with Gasteiger partial charge in [-0.05, 0) is 12.0 Å². The van der Waals surface area contributed by atoms with E-state index in [-0.39, 0.29) is 30.5 Å². The summed E-state index contributed by atoms with van der Waals surface area (Å²) in [6.45, 7) is 0.951. The van der Waals surface area contributed by atoms with E-state index in [1.54, 1.807) is 11.6 Å². The van der Waals surface area contributed by atoms with Crippen molar-refractivity contribution in [3.8, 4) is 0 Å². The third-order valence-corrected chi connectivity index (χ3v) is 4.94. The summed E-state index contributed by atoms with van der Waals surface area (Å²) in [6, 6.07) is 9.78. The molecule has 2 N–H and O–H groups in total. The zero-order valence-corrected chi connectivity index (χ0v) is 14.1. The minimum absolute atomic E-state index is 0. The number of halogens is 1. The molecule has 0 bridgehead atoms. The number of nitrogens with two attached hydrogens (primary N) is 1. The molecular weight excluding hydrogens is 324 g/mol. The summed E-state index contributed by atoms with van der Waals surface area (Å²) in [6.07, 6.45) is 3.62. The van der Waals surface area contributed by atoms with Gasteiger partial charge in [0.15, 0.2) is 5.03 Å². The maximum Gasteiger partial charge on any atom is 0.262 e. The van der Waals surface area contributed by atoms with Crippen molar-refractivity contribution >= 4 is 22.4 Å². The summed E-state index contributed by atoms with van der Waals surface area (Å²) in [7, 11) is -1.85. The van der Waals surface area contributed by atoms with E-state index in [9.17, 15) is 8.42 Å². The highest BCUT2D eigenvalue weighted by Crippen LogP contribution is 2.13. The molecule has 122 valence electrons. The van der Waals surface area contributed by atoms with E-state index in [0.717, 1.165) is 5.56 Å². The summed E-state index contributed by atoms with van der Waals surface area (Å²) >= 11 is 0. The van der Waals surface area contributed by atoms with Gasteiger partial charge in [-0.1, -0.05) is 30.3 Å². The Bertz CT molecular complexity index is 673. The zero-order valence-electron chi connectivity index (χ0n) is 12.4. The number of hydrogen-bond acceptors (Lipinski definition) is 4. The topological polar surface area (TPSA) is 81.2 Å². The first-order chi connectivity index (χ1) is 10.0. The summed E-state index contributed by atoms with van der Waals surface area (Å²) in [5, 5.41) is 0.0616. The molecule has 6 nitrogen and oxygen atoms in total. The standard InChI is InChI=1S/C14H20N4O2S.ClH/c1-17-11-14(16-12-17)21(19,20)18(10-8-15)9-7-13-5-3-2-4-6-13;/h2-6,11-12H,7-10,15H2,1H3;1H. The summed E-state index contributed by atoms with van der Waals surface area (Å²) in [5.74, 6) is 0. The first-order valence-corrected chi connectivity index (χ1v) is 8.20. The number of sulfonamides is 1. The largest absolute Gasteiger partial charge is 0.339 e. The number of aryl methyl sites for hydroxylation is 1. The van der Waals surface area contributed by atoms with Crippen LogP contribution in [0.15, 0.2) is 47.9 Å². The fourth-order valence-electron chi connectivity index (χ4n) is 2.05. The highest BCUT2D eigenvalue weighted by Gasteiger charge is 2.25. The van der Waals surface area contributed by atoms with Crippen LogP contribution >= 0.6 is 12.4 Å². The zero-order chi connectivity index (χ0) is 15.3. The molecule has 0 atom stereocenters. The minimum atomic E-state index is -3.59. The van der Waals surface area contributed by atoms with E-state index in [1.165, 1.54) is 16.8 Å². The van der Waals surface area contributed by atoms with Gasteiger partial charge < -0.3 is 10.3 Å². The Balaban J connectivity index is 0.00000242. The molecule has 0 unspecified atom stereocenters. The molecule has 1 heterocycles. The van der Waals surface area contributed by atoms with Gasteiger partial charge in [0.05, 0.1) is 6.33 Å². The second-order valence-electron chi connectivity index (χ2n) is 4.81. The fraction of sp³-hybridized carbons (Fsp3) is 0.357. The Kier molecular flexibility index (Phi) is 7.02. The van der Waals surface area contributed by atoms with Crippen molar-refractivity contribution in [2.45, 2.75) is 11.4 Å². The van der Waals surface area contributed by atoms with Gasteiger partial charge in [-0.15, -0.1) is 12.4 Å². The third kappa shape index (κ3) is 4.54. The van der Waals surface area contributed by atoms with Gasteiger partial charge in [0.1, 0.15) is 0 Å². The van der Waals surface area contributed by atoms with Crippen LogP contribution < -0.4 is 5.73 Å². The van der Waals surface area contributed by atoms with E-state index < -0.39 is 10.0 Å². The lowest BCUT2D eigenvalue weighted by Gasteiger charge is -2.20. The summed E-state index contributed by atoms with van der Waals surface area (Å²) < 4.78 is 28.1. The van der Waals surface area contributed by atoms with Crippen molar-refractivity contribution in [1.82, 2.24) is 13.9 Å². The van der Waals surface area contributed by atoms with E-state index >= 15 is 0 Å². The lowest BCUT2D eigenvalue weighted by atomic mass is 10.1. The lowest BCUT2D eigenvalue weighted by molar-refractivity contribution is 0.420. The van der Waals surface area contributed by atoms with Crippen LogP contribution in [0.1, 0.15) is 5.56 Å². The predicted molar refractivity (Wildman–Crippen MR) is 88.4 cm³/mol. The third-order valence-electron chi connectivity index (χ3n) is 3.16. The minimum Gasteiger partial charge on any atom is -0.339 e. The van der Waals surface area contributed by atoms with Crippen LogP contribution in [0.5, 0.6) is 0 Å². The van der Waals surface area contributed by atoms with E-state index in [2.05, 4.69) is 4.98 Å². The van der Waals surface area contributed by atoms with Gasteiger partial charge in [-0.3, -0.25) is 0 Å². The smallest absolute Gasteiger partial charge is 0.262 e. The summed E-state index contributed by atoms with van der Waals surface area (Å²) in [5.41, 5.74) is 6.64. The Labute approximate surface area is 137 Å². The number of benzene rings is 1. The quantitative estimate of drug-likeness (QED) is 0.813. The molecule has 0 aliphatic carbocycles. The van der Waals surface area contributed by atoms with Crippen LogP contribution in [0.25, 0.3) is 0 Å². The number of nitrogens with zero attached hydrogens (tertiary/aromatic N) is 3. The maximum absolute atomic E-state index is 12.6. The van der Waals surface area contributed by atoms with Gasteiger partial charge in [-0.25, -0.2) is 13.4 Å². The molecule has 0 spiro atoms. The van der Waals surface area contributed by atoms with Crippen LogP contribution in [-0.2, 0) is 23.5 Å². The van der Waals surface area contributed by atoms with Crippen molar-refractivity contribution in [2.75, 3.05) is 19.6 Å². The molecule has 0 amide bonds. The number of aromatic nitrogens is 2. The Morgan fingerprint density at radius 1 is 1.23 bits per heavy atom. The second kappa shape index (κ2) is 8.28. The molecule has 0 aliphatic rings. The highest BCUT2D eigenvalue weighted by atomic mass is 35.5. The molecule has 1 aromatic heterocycles. The van der Waals surface area contributed by atoms with Crippen molar-refractivity contribution in [1.29, 1.82) is 0 Å². The van der Waals surface area contributed by atoms with Gasteiger partial charge in [-0.2, -0.15) is 4.31 Å². The van der Waals surface area contributed by atoms with Crippen LogP contribution in [0.2, 0.25) is 0 Å². The van der Waals surface area contributed by atoms with Gasteiger partial charge in [0.2, 0.25) is 0 Å². The van der Waals surface area contributed by atoms with E-state index in [0.29, 0.717) is 13.0 Å². The molecule has 1 aromatic carbocycles. The van der Waals surface area contributed by atoms with Crippen molar-refractivity contribution < 1.29 is 8.42 Å². The van der Waals surface area contributed by atoms with Gasteiger partial charge in [0.25, 0.3) is 10.0 Å².